The van der Waals surface area contributed by atoms with Crippen molar-refractivity contribution in [2.24, 2.45) is 0 Å². The normalized spacial score (nSPS) is 21.7. The van der Waals surface area contributed by atoms with Crippen LogP contribution in [0, 0.1) is 12.1 Å². The van der Waals surface area contributed by atoms with Crippen LogP contribution >= 0.6 is 0 Å². The van der Waals surface area contributed by atoms with E-state index in [4.69, 9.17) is 0 Å². The predicted octanol–water partition coefficient (Wildman–Crippen LogP) is 3.71. The average molecular weight is 252 g/mol. The maximum atomic E-state index is 4.36. The molecule has 1 aromatic rings. The molecule has 0 atom stereocenters. The highest BCUT2D eigenvalue weighted by Gasteiger charge is 2.34. The van der Waals surface area contributed by atoms with Gasteiger partial charge in [0.15, 0.2) is 0 Å². The zero-order valence-corrected chi connectivity index (χ0v) is 11.3. The van der Waals surface area contributed by atoms with Gasteiger partial charge in [-0.25, -0.2) is 0 Å². The standard InChI is InChI=1S/C17H20N2/c1-2-7-11-16(10-6-1)19-13-12-18-14-17(19)15-8-4-3-5-9-15/h1-5,8-9,16H,6-7,10-13H2/q+1. The second kappa shape index (κ2) is 6.04. The Labute approximate surface area is 115 Å². The summed E-state index contributed by atoms with van der Waals surface area (Å²) in [7, 11) is 0. The van der Waals surface area contributed by atoms with E-state index in [-0.39, 0.29) is 0 Å². The summed E-state index contributed by atoms with van der Waals surface area (Å²) < 4.78 is 0. The van der Waals surface area contributed by atoms with Crippen molar-refractivity contribution in [3.8, 4) is 6.07 Å². The van der Waals surface area contributed by atoms with Crippen molar-refractivity contribution in [1.82, 2.24) is 4.90 Å². The van der Waals surface area contributed by atoms with Gasteiger partial charge in [-0.05, 0) is 31.2 Å². The van der Waals surface area contributed by atoms with Gasteiger partial charge in [-0.1, -0.05) is 47.3 Å². The monoisotopic (exact) mass is 252 g/mol. The van der Waals surface area contributed by atoms with E-state index in [2.05, 4.69) is 58.3 Å². The molecule has 0 fully saturated rings. The fourth-order valence-electron chi connectivity index (χ4n) is 2.93. The van der Waals surface area contributed by atoms with Gasteiger partial charge >= 0.3 is 6.07 Å². The van der Waals surface area contributed by atoms with Gasteiger partial charge in [0.25, 0.3) is 6.54 Å². The van der Waals surface area contributed by atoms with Gasteiger partial charge in [0, 0.05) is 6.04 Å². The lowest BCUT2D eigenvalue weighted by molar-refractivity contribution is 0.218. The molecule has 97 valence electrons. The van der Waals surface area contributed by atoms with Crippen LogP contribution in [0.5, 0.6) is 0 Å². The third-order valence-corrected chi connectivity index (χ3v) is 3.91. The summed E-state index contributed by atoms with van der Waals surface area (Å²) in [5, 5.41) is 0. The Morgan fingerprint density at radius 1 is 1.05 bits per heavy atom. The second-order valence-electron chi connectivity index (χ2n) is 5.18. The van der Waals surface area contributed by atoms with Crippen LogP contribution in [0.3, 0.4) is 0 Å². The van der Waals surface area contributed by atoms with Gasteiger partial charge in [0.05, 0.1) is 6.54 Å². The third-order valence-electron chi connectivity index (χ3n) is 3.91. The maximum Gasteiger partial charge on any atom is 0.304 e. The first-order valence-electron chi connectivity index (χ1n) is 7.21. The molecule has 1 aliphatic heterocycles. The molecule has 19 heavy (non-hydrogen) atoms. The van der Waals surface area contributed by atoms with E-state index in [1.165, 1.54) is 37.3 Å². The quantitative estimate of drug-likeness (QED) is 0.728. The van der Waals surface area contributed by atoms with Crippen molar-refractivity contribution >= 4 is 0 Å². The zero-order chi connectivity index (χ0) is 12.9. The number of nitrogens with zero attached hydrogens (tertiary/aromatic N) is 2. The van der Waals surface area contributed by atoms with Crippen LogP contribution in [-0.4, -0.2) is 24.0 Å². The molecule has 0 N–H and O–H groups in total. The molecule has 2 nitrogen and oxygen atoms in total. The minimum absolute atomic E-state index is 0.633. The minimum atomic E-state index is 0.633. The summed E-state index contributed by atoms with van der Waals surface area (Å²) in [6.07, 6.45) is 9.53. The maximum absolute atomic E-state index is 4.36. The van der Waals surface area contributed by atoms with E-state index < -0.39 is 0 Å². The summed E-state index contributed by atoms with van der Waals surface area (Å²) in [4.78, 5) is 6.88. The van der Waals surface area contributed by atoms with Crippen molar-refractivity contribution < 1.29 is 0 Å². The van der Waals surface area contributed by atoms with E-state index in [1.54, 1.807) is 0 Å². The molecule has 0 unspecified atom stereocenters. The molecule has 2 aliphatic rings. The van der Waals surface area contributed by atoms with Crippen LogP contribution in [0.4, 0.5) is 0 Å². The SMILES string of the molecule is C1#[N+]CCN(C2CCC=CCC2)[C]1c1ccccc1. The molecule has 0 bridgehead atoms. The fourth-order valence-corrected chi connectivity index (χ4v) is 2.93. The summed E-state index contributed by atoms with van der Waals surface area (Å²) in [6, 6.07) is 15.6. The summed E-state index contributed by atoms with van der Waals surface area (Å²) in [5.74, 6) is 0. The van der Waals surface area contributed by atoms with E-state index in [0.29, 0.717) is 6.04 Å². The van der Waals surface area contributed by atoms with Gasteiger partial charge < -0.3 is 0 Å². The van der Waals surface area contributed by atoms with Crippen LogP contribution in [-0.2, 0) is 0 Å². The van der Waals surface area contributed by atoms with Crippen molar-refractivity contribution in [3.63, 3.8) is 0 Å². The summed E-state index contributed by atoms with van der Waals surface area (Å²) in [6.45, 7) is 1.90. The molecule has 1 heterocycles. The Balaban J connectivity index is 1.82. The molecule has 1 aromatic carbocycles. The lowest BCUT2D eigenvalue weighted by Gasteiger charge is -2.32. The van der Waals surface area contributed by atoms with Crippen LogP contribution in [0.1, 0.15) is 31.2 Å². The molecule has 2 heteroatoms. The molecule has 0 saturated heterocycles. The van der Waals surface area contributed by atoms with Gasteiger partial charge in [-0.3, -0.25) is 4.90 Å². The molecule has 1 radical (unpaired) electrons. The largest absolute Gasteiger partial charge is 0.304 e. The predicted molar refractivity (Wildman–Crippen MR) is 79.0 cm³/mol. The van der Waals surface area contributed by atoms with E-state index in [1.807, 2.05) is 0 Å². The van der Waals surface area contributed by atoms with Gasteiger partial charge in [0.1, 0.15) is 0 Å². The van der Waals surface area contributed by atoms with Crippen LogP contribution in [0.25, 0.3) is 4.85 Å². The minimum Gasteiger partial charge on any atom is -0.265 e. The van der Waals surface area contributed by atoms with Crippen molar-refractivity contribution in [2.45, 2.75) is 31.7 Å². The summed E-state index contributed by atoms with van der Waals surface area (Å²) in [5.41, 5.74) is 1.24. The highest BCUT2D eigenvalue weighted by Crippen LogP contribution is 2.28. The first-order chi connectivity index (χ1) is 9.45. The smallest absolute Gasteiger partial charge is 0.265 e. The van der Waals surface area contributed by atoms with Crippen molar-refractivity contribution in [1.29, 1.82) is 0 Å². The summed E-state index contributed by atoms with van der Waals surface area (Å²) >= 11 is 0. The van der Waals surface area contributed by atoms with E-state index >= 15 is 0 Å². The lowest BCUT2D eigenvalue weighted by Crippen LogP contribution is -2.41. The first kappa shape index (κ1) is 12.4. The van der Waals surface area contributed by atoms with Crippen LogP contribution < -0.4 is 0 Å². The molecule has 1 aliphatic carbocycles. The molecule has 3 rings (SSSR count). The van der Waals surface area contributed by atoms with Crippen LogP contribution in [0.15, 0.2) is 42.5 Å². The Bertz CT molecular complexity index is 485. The molecular formula is C17H20N2+. The number of rotatable bonds is 2. The molecule has 0 spiro atoms. The van der Waals surface area contributed by atoms with Crippen molar-refractivity contribution in [2.75, 3.05) is 13.1 Å². The second-order valence-corrected chi connectivity index (χ2v) is 5.18. The van der Waals surface area contributed by atoms with Gasteiger partial charge in [0.2, 0.25) is 6.04 Å². The third kappa shape index (κ3) is 2.88. The molecule has 0 aromatic heterocycles. The zero-order valence-electron chi connectivity index (χ0n) is 11.3. The van der Waals surface area contributed by atoms with E-state index in [0.717, 1.165) is 13.1 Å². The van der Waals surface area contributed by atoms with Crippen molar-refractivity contribution in [3.05, 3.63) is 58.9 Å². The Morgan fingerprint density at radius 3 is 2.53 bits per heavy atom. The molecule has 0 saturated carbocycles. The highest BCUT2D eigenvalue weighted by molar-refractivity contribution is 5.41. The average Bonchev–Trinajstić information content (AvgIpc) is 2.77. The molecular weight excluding hydrogens is 232 g/mol. The first-order valence-corrected chi connectivity index (χ1v) is 7.21. The van der Waals surface area contributed by atoms with E-state index in [9.17, 15) is 0 Å². The topological polar surface area (TPSA) is 7.60 Å². The van der Waals surface area contributed by atoms with Gasteiger partial charge in [-0.15, -0.1) is 0 Å². The molecule has 0 amide bonds. The number of hydrogen-bond donors (Lipinski definition) is 0. The number of hydrogen-bond acceptors (Lipinski definition) is 1. The Morgan fingerprint density at radius 2 is 1.79 bits per heavy atom. The lowest BCUT2D eigenvalue weighted by atomic mass is 9.99. The number of allylic oxidation sites excluding steroid dienone is 2. The van der Waals surface area contributed by atoms with Crippen LogP contribution in [0.2, 0.25) is 0 Å². The van der Waals surface area contributed by atoms with Gasteiger partial charge in [-0.2, -0.15) is 0 Å². The highest BCUT2D eigenvalue weighted by atomic mass is 15.2. The Hall–Kier alpha value is -1.59. The fraction of sp³-hybridized carbons (Fsp3) is 0.412. The number of benzene rings is 1. The Kier molecular flexibility index (Phi) is 3.95.